The maximum Gasteiger partial charge on any atom is 0.355 e. The number of ether oxygens (including phenoxy) is 1. The van der Waals surface area contributed by atoms with Gasteiger partial charge in [-0.2, -0.15) is 5.10 Å². The van der Waals surface area contributed by atoms with Gasteiger partial charge in [0.25, 0.3) is 5.91 Å². The second kappa shape index (κ2) is 4.44. The third kappa shape index (κ3) is 1.59. The largest absolute Gasteiger partial charge is 0.464 e. The highest BCUT2D eigenvalue weighted by molar-refractivity contribution is 6.46. The lowest BCUT2D eigenvalue weighted by Gasteiger charge is -2.15. The minimum atomic E-state index is -0.921. The fourth-order valence-electron chi connectivity index (χ4n) is 2.39. The maximum absolute atomic E-state index is 12.4. The molecule has 7 nitrogen and oxygen atoms in total. The van der Waals surface area contributed by atoms with Crippen LogP contribution in [0.2, 0.25) is 0 Å². The van der Waals surface area contributed by atoms with E-state index < -0.39 is 29.7 Å². The lowest BCUT2D eigenvalue weighted by molar-refractivity contribution is -0.133. The molecule has 1 aromatic rings. The molecule has 2 heterocycles. The number of amides is 2. The van der Waals surface area contributed by atoms with Crippen molar-refractivity contribution in [2.24, 2.45) is 11.0 Å². The zero-order valence-electron chi connectivity index (χ0n) is 10.6. The fraction of sp³-hybridized carbons (Fsp3) is 0.231. The Bertz CT molecular complexity index is 626. The summed E-state index contributed by atoms with van der Waals surface area (Å²) in [5, 5.41) is 3.74. The van der Waals surface area contributed by atoms with E-state index in [0.717, 1.165) is 4.90 Å². The van der Waals surface area contributed by atoms with Crippen LogP contribution in [-0.4, -0.2) is 36.6 Å². The van der Waals surface area contributed by atoms with Crippen LogP contribution in [-0.2, 0) is 19.1 Å². The molecule has 2 aliphatic rings. The van der Waals surface area contributed by atoms with E-state index in [0.29, 0.717) is 5.69 Å². The predicted octanol–water partition coefficient (Wildman–Crippen LogP) is -0.323. The second-order valence-electron chi connectivity index (χ2n) is 4.42. The van der Waals surface area contributed by atoms with E-state index in [1.54, 1.807) is 30.3 Å². The molecule has 7 heteroatoms. The van der Waals surface area contributed by atoms with Crippen molar-refractivity contribution in [3.05, 3.63) is 30.3 Å². The van der Waals surface area contributed by atoms with Gasteiger partial charge in [-0.3, -0.25) is 15.0 Å². The van der Waals surface area contributed by atoms with E-state index in [2.05, 4.69) is 15.3 Å². The Hall–Kier alpha value is -2.70. The lowest BCUT2D eigenvalue weighted by Crippen LogP contribution is -2.36. The van der Waals surface area contributed by atoms with Crippen LogP contribution in [0.1, 0.15) is 0 Å². The van der Waals surface area contributed by atoms with Gasteiger partial charge in [0.15, 0.2) is 5.71 Å². The average Bonchev–Trinajstić information content (AvgIpc) is 3.01. The molecule has 0 aromatic heterocycles. The molecule has 1 aromatic carbocycles. The number of para-hydroxylation sites is 1. The van der Waals surface area contributed by atoms with Crippen LogP contribution in [0.25, 0.3) is 0 Å². The van der Waals surface area contributed by atoms with Crippen molar-refractivity contribution >= 4 is 29.2 Å². The second-order valence-corrected chi connectivity index (χ2v) is 4.42. The number of carbonyl (C=O) groups is 3. The van der Waals surface area contributed by atoms with Crippen molar-refractivity contribution in [2.75, 3.05) is 12.0 Å². The van der Waals surface area contributed by atoms with Gasteiger partial charge in [-0.15, -0.1) is 0 Å². The van der Waals surface area contributed by atoms with E-state index in [9.17, 15) is 14.4 Å². The molecule has 0 unspecified atom stereocenters. The monoisotopic (exact) mass is 273 g/mol. The Labute approximate surface area is 114 Å². The Morgan fingerprint density at radius 3 is 2.60 bits per heavy atom. The Kier molecular flexibility index (Phi) is 2.74. The van der Waals surface area contributed by atoms with E-state index in [1.165, 1.54) is 7.11 Å². The number of imide groups is 1. The van der Waals surface area contributed by atoms with Gasteiger partial charge in [0.2, 0.25) is 5.91 Å². The number of rotatable bonds is 2. The Balaban J connectivity index is 1.97. The van der Waals surface area contributed by atoms with Crippen LogP contribution in [0.15, 0.2) is 35.4 Å². The highest BCUT2D eigenvalue weighted by Crippen LogP contribution is 2.30. The summed E-state index contributed by atoms with van der Waals surface area (Å²) in [7, 11) is 1.20. The van der Waals surface area contributed by atoms with Crippen molar-refractivity contribution in [3.63, 3.8) is 0 Å². The van der Waals surface area contributed by atoms with E-state index in [1.807, 2.05) is 0 Å². The number of hydrogen-bond donors (Lipinski definition) is 1. The third-order valence-corrected chi connectivity index (χ3v) is 3.33. The van der Waals surface area contributed by atoms with Crippen molar-refractivity contribution in [1.29, 1.82) is 0 Å². The van der Waals surface area contributed by atoms with E-state index in [-0.39, 0.29) is 5.71 Å². The summed E-state index contributed by atoms with van der Waals surface area (Å²) in [6.45, 7) is 0. The molecule has 0 saturated carbocycles. The fourth-order valence-corrected chi connectivity index (χ4v) is 2.39. The molecule has 2 amide bonds. The first kappa shape index (κ1) is 12.3. The van der Waals surface area contributed by atoms with Gasteiger partial charge in [0, 0.05) is 0 Å². The molecule has 2 atom stereocenters. The molecule has 102 valence electrons. The minimum Gasteiger partial charge on any atom is -0.464 e. The van der Waals surface area contributed by atoms with Gasteiger partial charge < -0.3 is 4.74 Å². The molecule has 0 aliphatic carbocycles. The molecule has 0 radical (unpaired) electrons. The van der Waals surface area contributed by atoms with Gasteiger partial charge in [0.1, 0.15) is 12.0 Å². The topological polar surface area (TPSA) is 88.1 Å². The first-order valence-corrected chi connectivity index (χ1v) is 5.99. The number of esters is 1. The van der Waals surface area contributed by atoms with Crippen LogP contribution in [0.3, 0.4) is 0 Å². The van der Waals surface area contributed by atoms with Crippen LogP contribution >= 0.6 is 0 Å². The molecule has 0 bridgehead atoms. The van der Waals surface area contributed by atoms with Crippen molar-refractivity contribution in [2.45, 2.75) is 6.04 Å². The summed E-state index contributed by atoms with van der Waals surface area (Å²) in [6.07, 6.45) is 0. The highest BCUT2D eigenvalue weighted by atomic mass is 16.5. The number of benzene rings is 1. The Morgan fingerprint density at radius 2 is 1.95 bits per heavy atom. The number of hydrazone groups is 1. The standard InChI is InChI=1S/C13H11N3O4/c1-20-13(19)10-8-9(14-15-10)12(18)16(11(8)17)7-5-3-2-4-6-7/h2-6,8-9,14H,1H3/t8-,9+/m1/s1. The smallest absolute Gasteiger partial charge is 0.355 e. The molecule has 2 aliphatic heterocycles. The number of carbonyl (C=O) groups excluding carboxylic acids is 3. The number of nitrogens with zero attached hydrogens (tertiary/aromatic N) is 2. The van der Waals surface area contributed by atoms with Crippen LogP contribution in [0.5, 0.6) is 0 Å². The third-order valence-electron chi connectivity index (χ3n) is 3.33. The molecule has 0 spiro atoms. The average molecular weight is 273 g/mol. The summed E-state index contributed by atoms with van der Waals surface area (Å²) in [6, 6.07) is 7.73. The van der Waals surface area contributed by atoms with Crippen molar-refractivity contribution < 1.29 is 19.1 Å². The number of nitrogens with one attached hydrogen (secondary N) is 1. The summed E-state index contributed by atoms with van der Waals surface area (Å²) in [5.74, 6) is -2.52. The summed E-state index contributed by atoms with van der Waals surface area (Å²) >= 11 is 0. The molecular weight excluding hydrogens is 262 g/mol. The minimum absolute atomic E-state index is 0.0609. The number of anilines is 1. The van der Waals surface area contributed by atoms with Crippen molar-refractivity contribution in [3.8, 4) is 0 Å². The van der Waals surface area contributed by atoms with E-state index >= 15 is 0 Å². The lowest BCUT2D eigenvalue weighted by atomic mass is 9.99. The molecule has 1 fully saturated rings. The summed E-state index contributed by atoms with van der Waals surface area (Å²) in [4.78, 5) is 37.3. The molecule has 1 saturated heterocycles. The van der Waals surface area contributed by atoms with E-state index in [4.69, 9.17) is 0 Å². The normalized spacial score (nSPS) is 24.2. The zero-order valence-corrected chi connectivity index (χ0v) is 10.6. The highest BCUT2D eigenvalue weighted by Gasteiger charge is 2.55. The first-order chi connectivity index (χ1) is 9.65. The number of fused-ring (bicyclic) bond motifs is 1. The maximum atomic E-state index is 12.4. The van der Waals surface area contributed by atoms with Crippen LogP contribution in [0.4, 0.5) is 5.69 Å². The van der Waals surface area contributed by atoms with Gasteiger partial charge in [-0.25, -0.2) is 9.69 Å². The molecule has 20 heavy (non-hydrogen) atoms. The van der Waals surface area contributed by atoms with Crippen LogP contribution in [0, 0.1) is 5.92 Å². The summed E-state index contributed by atoms with van der Waals surface area (Å²) < 4.78 is 4.58. The van der Waals surface area contributed by atoms with Crippen molar-refractivity contribution in [1.82, 2.24) is 5.43 Å². The SMILES string of the molecule is COC(=O)C1=NN[C@@H]2C(=O)N(c3ccccc3)C(=O)[C@@H]12. The van der Waals surface area contributed by atoms with Gasteiger partial charge in [-0.1, -0.05) is 18.2 Å². The number of hydrogen-bond acceptors (Lipinski definition) is 6. The van der Waals surface area contributed by atoms with Gasteiger partial charge >= 0.3 is 5.97 Å². The van der Waals surface area contributed by atoms with Crippen LogP contribution < -0.4 is 10.3 Å². The first-order valence-electron chi connectivity index (χ1n) is 5.99. The predicted molar refractivity (Wildman–Crippen MR) is 68.8 cm³/mol. The number of methoxy groups -OCH3 is 1. The zero-order chi connectivity index (χ0) is 14.3. The van der Waals surface area contributed by atoms with Gasteiger partial charge in [-0.05, 0) is 12.1 Å². The molecule has 3 rings (SSSR count). The molecular formula is C13H11N3O4. The van der Waals surface area contributed by atoms with Gasteiger partial charge in [0.05, 0.1) is 12.8 Å². The quantitative estimate of drug-likeness (QED) is 0.589. The molecule has 1 N–H and O–H groups in total. The summed E-state index contributed by atoms with van der Waals surface area (Å²) in [5.41, 5.74) is 2.95. The Morgan fingerprint density at radius 1 is 1.25 bits per heavy atom.